The summed E-state index contributed by atoms with van der Waals surface area (Å²) in [7, 11) is 1.70. The molecule has 0 radical (unpaired) electrons. The third-order valence-corrected chi connectivity index (χ3v) is 8.57. The molecular formula is C33H42N8O2. The number of amides is 1. The predicted octanol–water partition coefficient (Wildman–Crippen LogP) is 4.67. The van der Waals surface area contributed by atoms with Crippen molar-refractivity contribution in [1.29, 1.82) is 0 Å². The lowest BCUT2D eigenvalue weighted by Crippen LogP contribution is -2.48. The van der Waals surface area contributed by atoms with E-state index < -0.39 is 0 Å². The highest BCUT2D eigenvalue weighted by atomic mass is 16.5. The van der Waals surface area contributed by atoms with Gasteiger partial charge in [0.15, 0.2) is 5.82 Å². The second kappa shape index (κ2) is 13.8. The van der Waals surface area contributed by atoms with Crippen LogP contribution in [-0.2, 0) is 6.54 Å². The van der Waals surface area contributed by atoms with E-state index >= 15 is 0 Å². The van der Waals surface area contributed by atoms with Crippen LogP contribution >= 0.6 is 0 Å². The molecule has 1 fully saturated rings. The molecule has 1 aliphatic heterocycles. The van der Waals surface area contributed by atoms with Gasteiger partial charge in [0.05, 0.1) is 18.4 Å². The molecule has 0 aliphatic carbocycles. The Labute approximate surface area is 254 Å². The van der Waals surface area contributed by atoms with E-state index in [-0.39, 0.29) is 5.91 Å². The van der Waals surface area contributed by atoms with E-state index in [2.05, 4.69) is 67.2 Å². The predicted molar refractivity (Wildman–Crippen MR) is 168 cm³/mol. The molecule has 4 aromatic rings. The van der Waals surface area contributed by atoms with Crippen LogP contribution in [-0.4, -0.2) is 74.4 Å². The number of nitrogens with zero attached hydrogens (tertiary/aromatic N) is 7. The van der Waals surface area contributed by atoms with E-state index in [4.69, 9.17) is 4.74 Å². The number of rotatable bonds is 11. The number of hydrogen-bond donors (Lipinski definition) is 1. The second-order valence-corrected chi connectivity index (χ2v) is 11.4. The number of aromatic nitrogens is 5. The molecule has 1 aromatic carbocycles. The maximum Gasteiger partial charge on any atom is 0.253 e. The molecule has 226 valence electrons. The number of carbonyl (C=O) groups excluding carboxylic acids is 1. The van der Waals surface area contributed by atoms with Crippen LogP contribution in [0.15, 0.2) is 61.4 Å². The Kier molecular flexibility index (Phi) is 9.66. The van der Waals surface area contributed by atoms with Crippen molar-refractivity contribution in [2.75, 3.05) is 31.6 Å². The Morgan fingerprint density at radius 2 is 1.86 bits per heavy atom. The fourth-order valence-corrected chi connectivity index (χ4v) is 5.95. The average Bonchev–Trinajstić information content (AvgIpc) is 3.56. The first kappa shape index (κ1) is 30.2. The molecule has 0 bridgehead atoms. The SMILES string of the molecule is COc1ccc(N(Cc2cnccc2C)C2CCN([C@H](C)CCNC(=O)c3c(C)cc(-n4cncn4)nc3C)CC2)cc1. The Morgan fingerprint density at radius 1 is 1.09 bits per heavy atom. The Bertz CT molecular complexity index is 1470. The molecule has 1 saturated heterocycles. The van der Waals surface area contributed by atoms with Crippen LogP contribution in [0.5, 0.6) is 5.75 Å². The summed E-state index contributed by atoms with van der Waals surface area (Å²) in [4.78, 5) is 31.1. The number of benzene rings is 1. The Balaban J connectivity index is 1.16. The number of anilines is 1. The van der Waals surface area contributed by atoms with Gasteiger partial charge < -0.3 is 19.9 Å². The minimum Gasteiger partial charge on any atom is -0.497 e. The molecule has 3 aromatic heterocycles. The fourth-order valence-electron chi connectivity index (χ4n) is 5.95. The summed E-state index contributed by atoms with van der Waals surface area (Å²) in [5.41, 5.74) is 5.88. The van der Waals surface area contributed by atoms with Crippen LogP contribution in [0.3, 0.4) is 0 Å². The monoisotopic (exact) mass is 582 g/mol. The number of likely N-dealkylation sites (tertiary alicyclic amines) is 1. The first-order chi connectivity index (χ1) is 20.8. The number of hydrogen-bond acceptors (Lipinski definition) is 8. The van der Waals surface area contributed by atoms with Gasteiger partial charge in [0, 0.05) is 56.3 Å². The molecule has 1 amide bonds. The van der Waals surface area contributed by atoms with Crippen molar-refractivity contribution >= 4 is 11.6 Å². The van der Waals surface area contributed by atoms with Gasteiger partial charge in [-0.1, -0.05) is 0 Å². The minimum absolute atomic E-state index is 0.0839. The zero-order chi connectivity index (χ0) is 30.3. The average molecular weight is 583 g/mol. The van der Waals surface area contributed by atoms with Crippen molar-refractivity contribution in [2.45, 2.75) is 65.6 Å². The van der Waals surface area contributed by atoms with Crippen molar-refractivity contribution in [3.05, 3.63) is 89.4 Å². The van der Waals surface area contributed by atoms with Crippen LogP contribution in [0.2, 0.25) is 0 Å². The smallest absolute Gasteiger partial charge is 0.253 e. The molecule has 1 N–H and O–H groups in total. The number of nitrogens with one attached hydrogen (secondary N) is 1. The molecule has 1 atom stereocenters. The summed E-state index contributed by atoms with van der Waals surface area (Å²) in [6.45, 7) is 11.7. The van der Waals surface area contributed by atoms with E-state index in [0.717, 1.165) is 50.2 Å². The van der Waals surface area contributed by atoms with Gasteiger partial charge in [-0.2, -0.15) is 5.10 Å². The van der Waals surface area contributed by atoms with Crippen molar-refractivity contribution in [2.24, 2.45) is 0 Å². The molecule has 1 aliphatic rings. The number of piperidine rings is 1. The maximum atomic E-state index is 13.1. The molecule has 10 nitrogen and oxygen atoms in total. The maximum absolute atomic E-state index is 13.1. The molecule has 43 heavy (non-hydrogen) atoms. The lowest BCUT2D eigenvalue weighted by Gasteiger charge is -2.42. The largest absolute Gasteiger partial charge is 0.497 e. The molecular weight excluding hydrogens is 540 g/mol. The second-order valence-electron chi connectivity index (χ2n) is 11.4. The highest BCUT2D eigenvalue weighted by Gasteiger charge is 2.28. The van der Waals surface area contributed by atoms with Gasteiger partial charge in [0.1, 0.15) is 18.4 Å². The summed E-state index contributed by atoms with van der Waals surface area (Å²) in [6.07, 6.45) is 9.95. The highest BCUT2D eigenvalue weighted by molar-refractivity contribution is 5.96. The van der Waals surface area contributed by atoms with Crippen LogP contribution in [0.1, 0.15) is 58.9 Å². The number of carbonyl (C=O) groups is 1. The summed E-state index contributed by atoms with van der Waals surface area (Å²) < 4.78 is 7.00. The Morgan fingerprint density at radius 3 is 2.51 bits per heavy atom. The van der Waals surface area contributed by atoms with Crippen molar-refractivity contribution < 1.29 is 9.53 Å². The summed E-state index contributed by atoms with van der Waals surface area (Å²) in [6, 6.07) is 13.1. The van der Waals surface area contributed by atoms with Crippen LogP contribution in [0, 0.1) is 20.8 Å². The quantitative estimate of drug-likeness (QED) is 0.272. The lowest BCUT2D eigenvalue weighted by atomic mass is 9.99. The molecule has 10 heteroatoms. The summed E-state index contributed by atoms with van der Waals surface area (Å²) in [5.74, 6) is 1.43. The zero-order valence-corrected chi connectivity index (χ0v) is 25.8. The standard InChI is InChI=1S/C33H42N8O2/c1-23-10-14-34-19-27(23)20-40(28-6-8-30(43-5)9-7-28)29-12-16-39(17-13-29)25(3)11-15-36-33(42)32-24(2)18-31(38-26(32)4)41-22-35-21-37-41/h6-10,14,18-19,21-22,25,29H,11-13,15-17,20H2,1-5H3,(H,36,42)/t25-/m1/s1. The highest BCUT2D eigenvalue weighted by Crippen LogP contribution is 2.29. The molecule has 0 unspecified atom stereocenters. The third-order valence-electron chi connectivity index (χ3n) is 8.57. The molecule has 0 spiro atoms. The number of aryl methyl sites for hydroxylation is 3. The van der Waals surface area contributed by atoms with E-state index in [1.165, 1.54) is 23.1 Å². The number of methoxy groups -OCH3 is 1. The van der Waals surface area contributed by atoms with Crippen LogP contribution < -0.4 is 15.0 Å². The fraction of sp³-hybridized carbons (Fsp3) is 0.424. The molecule has 5 rings (SSSR count). The zero-order valence-electron chi connectivity index (χ0n) is 25.8. The van der Waals surface area contributed by atoms with Gasteiger partial charge in [-0.25, -0.2) is 14.6 Å². The molecule has 0 saturated carbocycles. The van der Waals surface area contributed by atoms with Gasteiger partial charge in [0.25, 0.3) is 5.91 Å². The first-order valence-corrected chi connectivity index (χ1v) is 15.0. The van der Waals surface area contributed by atoms with Gasteiger partial charge >= 0.3 is 0 Å². The van der Waals surface area contributed by atoms with E-state index in [0.29, 0.717) is 35.7 Å². The summed E-state index contributed by atoms with van der Waals surface area (Å²) >= 11 is 0. The number of ether oxygens (including phenoxy) is 1. The normalized spacial score (nSPS) is 14.8. The summed E-state index contributed by atoms with van der Waals surface area (Å²) in [5, 5.41) is 7.27. The lowest BCUT2D eigenvalue weighted by molar-refractivity contribution is 0.0943. The first-order valence-electron chi connectivity index (χ1n) is 15.0. The number of pyridine rings is 2. The van der Waals surface area contributed by atoms with Crippen LogP contribution in [0.25, 0.3) is 5.82 Å². The van der Waals surface area contributed by atoms with E-state index in [9.17, 15) is 4.79 Å². The van der Waals surface area contributed by atoms with Gasteiger partial charge in [-0.15, -0.1) is 0 Å². The topological polar surface area (TPSA) is 101 Å². The van der Waals surface area contributed by atoms with Gasteiger partial charge in [-0.3, -0.25) is 9.78 Å². The third kappa shape index (κ3) is 7.19. The van der Waals surface area contributed by atoms with Crippen molar-refractivity contribution in [3.8, 4) is 11.6 Å². The minimum atomic E-state index is -0.0839. The van der Waals surface area contributed by atoms with Crippen LogP contribution in [0.4, 0.5) is 5.69 Å². The van der Waals surface area contributed by atoms with Gasteiger partial charge in [-0.05, 0) is 100 Å². The Hall–Kier alpha value is -4.31. The van der Waals surface area contributed by atoms with E-state index in [1.54, 1.807) is 18.1 Å². The van der Waals surface area contributed by atoms with E-state index in [1.807, 2.05) is 44.4 Å². The van der Waals surface area contributed by atoms with Gasteiger partial charge in [0.2, 0.25) is 0 Å². The van der Waals surface area contributed by atoms with Crippen molar-refractivity contribution in [3.63, 3.8) is 0 Å². The molecule has 4 heterocycles. The van der Waals surface area contributed by atoms with Crippen molar-refractivity contribution in [1.82, 2.24) is 34.9 Å².